The highest BCUT2D eigenvalue weighted by Crippen LogP contribution is 2.31. The highest BCUT2D eigenvalue weighted by molar-refractivity contribution is 5.92. The Hall–Kier alpha value is -4.47. The predicted octanol–water partition coefficient (Wildman–Crippen LogP) is 4.78. The van der Waals surface area contributed by atoms with Crippen molar-refractivity contribution >= 4 is 17.0 Å². The summed E-state index contributed by atoms with van der Waals surface area (Å²) in [5.74, 6) is -2.73. The number of likely N-dealkylation sites (tertiary alicyclic amines) is 1. The topological polar surface area (TPSA) is 114 Å². The minimum absolute atomic E-state index is 0.0316. The van der Waals surface area contributed by atoms with Crippen LogP contribution in [-0.2, 0) is 24.4 Å². The van der Waals surface area contributed by atoms with E-state index in [4.69, 9.17) is 14.7 Å². The summed E-state index contributed by atoms with van der Waals surface area (Å²) in [6, 6.07) is 11.0. The molecule has 2 aromatic carbocycles. The third-order valence-corrected chi connectivity index (χ3v) is 7.70. The van der Waals surface area contributed by atoms with Crippen molar-refractivity contribution in [2.75, 3.05) is 19.7 Å². The highest BCUT2D eigenvalue weighted by atomic mass is 19.1. The fourth-order valence-corrected chi connectivity index (χ4v) is 5.41. The SMILES string of the molecule is N#Cc1ccc(OCc2ccc(F)c(C3CCN(Cc4nc5c(F)cc(C(=O)O)cc5n4C[C@@H]4CCO4)C3)n2)c(F)c1. The van der Waals surface area contributed by atoms with E-state index in [0.717, 1.165) is 18.6 Å². The molecule has 0 bridgehead atoms. The molecule has 1 unspecified atom stereocenters. The number of nitriles is 1. The maximum atomic E-state index is 14.9. The van der Waals surface area contributed by atoms with E-state index in [2.05, 4.69) is 14.9 Å². The highest BCUT2D eigenvalue weighted by Gasteiger charge is 2.30. The van der Waals surface area contributed by atoms with Crippen LogP contribution in [0.4, 0.5) is 13.2 Å². The third-order valence-electron chi connectivity index (χ3n) is 7.70. The van der Waals surface area contributed by atoms with Crippen LogP contribution in [0.25, 0.3) is 11.0 Å². The number of aromatic nitrogens is 3. The molecule has 2 aromatic heterocycles. The predicted molar refractivity (Wildman–Crippen MR) is 143 cm³/mol. The number of aromatic carboxylic acids is 1. The van der Waals surface area contributed by atoms with Gasteiger partial charge in [0.2, 0.25) is 0 Å². The molecular formula is C30H26F3N5O4. The lowest BCUT2D eigenvalue weighted by Gasteiger charge is -2.28. The van der Waals surface area contributed by atoms with Gasteiger partial charge in [-0.2, -0.15) is 5.26 Å². The number of carboxylic acid groups (broad SMARTS) is 1. The van der Waals surface area contributed by atoms with Crippen molar-refractivity contribution in [3.8, 4) is 11.8 Å². The van der Waals surface area contributed by atoms with Gasteiger partial charge in [0.15, 0.2) is 17.4 Å². The maximum absolute atomic E-state index is 14.9. The average Bonchev–Trinajstić information content (AvgIpc) is 3.55. The second-order valence-corrected chi connectivity index (χ2v) is 10.5. The number of nitrogens with zero attached hydrogens (tertiary/aromatic N) is 5. The summed E-state index contributed by atoms with van der Waals surface area (Å²) >= 11 is 0. The summed E-state index contributed by atoms with van der Waals surface area (Å²) in [5.41, 5.74) is 1.23. The van der Waals surface area contributed by atoms with Crippen LogP contribution < -0.4 is 4.74 Å². The smallest absolute Gasteiger partial charge is 0.335 e. The summed E-state index contributed by atoms with van der Waals surface area (Å²) < 4.78 is 56.9. The number of hydrogen-bond acceptors (Lipinski definition) is 7. The van der Waals surface area contributed by atoms with Gasteiger partial charge >= 0.3 is 5.97 Å². The van der Waals surface area contributed by atoms with Gasteiger partial charge in [-0.15, -0.1) is 0 Å². The second-order valence-electron chi connectivity index (χ2n) is 10.5. The standard InChI is InChI=1S/C30H26F3N5O4/c31-22-3-2-20(16-42-26-4-1-17(12-34)9-23(26)32)35-28(22)18-5-7-37(13-18)15-27-36-29-24(33)10-19(30(39)40)11-25(29)38(27)14-21-6-8-41-21/h1-4,9-11,18,21H,5-8,13-16H2,(H,39,40)/t18?,21-/m0/s1. The Bertz CT molecular complexity index is 1720. The number of imidazole rings is 1. The first-order valence-electron chi connectivity index (χ1n) is 13.5. The number of hydrogen-bond donors (Lipinski definition) is 1. The molecule has 0 aliphatic carbocycles. The number of carbonyl (C=O) groups is 1. The van der Waals surface area contributed by atoms with E-state index in [1.54, 1.807) is 0 Å². The van der Waals surface area contributed by atoms with Crippen molar-refractivity contribution in [3.63, 3.8) is 0 Å². The number of carboxylic acids is 1. The molecule has 6 rings (SSSR count). The number of benzene rings is 2. The van der Waals surface area contributed by atoms with E-state index >= 15 is 0 Å². The second kappa shape index (κ2) is 11.4. The van der Waals surface area contributed by atoms with Crippen molar-refractivity contribution in [2.45, 2.75) is 44.6 Å². The van der Waals surface area contributed by atoms with Gasteiger partial charge in [-0.3, -0.25) is 9.88 Å². The van der Waals surface area contributed by atoms with Crippen molar-refractivity contribution in [1.29, 1.82) is 5.26 Å². The zero-order valence-corrected chi connectivity index (χ0v) is 22.4. The Kier molecular flexibility index (Phi) is 7.53. The van der Waals surface area contributed by atoms with Gasteiger partial charge < -0.3 is 19.1 Å². The Morgan fingerprint density at radius 1 is 1.10 bits per heavy atom. The first-order chi connectivity index (χ1) is 20.3. The van der Waals surface area contributed by atoms with Gasteiger partial charge in [0.25, 0.3) is 0 Å². The molecule has 2 fully saturated rings. The molecule has 4 aromatic rings. The average molecular weight is 578 g/mol. The number of ether oxygens (including phenoxy) is 2. The van der Waals surface area contributed by atoms with E-state index in [-0.39, 0.29) is 46.7 Å². The van der Waals surface area contributed by atoms with Gasteiger partial charge in [-0.05, 0) is 61.9 Å². The van der Waals surface area contributed by atoms with Gasteiger partial charge in [-0.1, -0.05) is 0 Å². The lowest BCUT2D eigenvalue weighted by molar-refractivity contribution is -0.0591. The van der Waals surface area contributed by atoms with Crippen LogP contribution in [-0.4, -0.2) is 56.3 Å². The molecule has 0 spiro atoms. The van der Waals surface area contributed by atoms with E-state index in [0.29, 0.717) is 56.2 Å². The Morgan fingerprint density at radius 3 is 2.64 bits per heavy atom. The van der Waals surface area contributed by atoms with Crippen LogP contribution in [0, 0.1) is 28.8 Å². The normalized spacial score (nSPS) is 18.6. The monoisotopic (exact) mass is 577 g/mol. The minimum Gasteiger partial charge on any atom is -0.484 e. The lowest BCUT2D eigenvalue weighted by atomic mass is 10.0. The molecule has 2 aliphatic rings. The molecule has 2 atom stereocenters. The Balaban J connectivity index is 1.19. The largest absolute Gasteiger partial charge is 0.484 e. The zero-order chi connectivity index (χ0) is 29.4. The van der Waals surface area contributed by atoms with Crippen LogP contribution in [0.2, 0.25) is 0 Å². The molecule has 1 N–H and O–H groups in total. The summed E-state index contributed by atoms with van der Waals surface area (Å²) in [6.07, 6.45) is 1.40. The molecule has 0 radical (unpaired) electrons. The van der Waals surface area contributed by atoms with E-state index < -0.39 is 23.4 Å². The number of rotatable bonds is 9. The molecule has 12 heteroatoms. The van der Waals surface area contributed by atoms with Crippen LogP contribution in [0.5, 0.6) is 5.75 Å². The van der Waals surface area contributed by atoms with Crippen molar-refractivity contribution in [2.24, 2.45) is 0 Å². The van der Waals surface area contributed by atoms with E-state index in [9.17, 15) is 23.1 Å². The molecule has 2 aliphatic heterocycles. The Morgan fingerprint density at radius 2 is 1.93 bits per heavy atom. The van der Waals surface area contributed by atoms with Crippen LogP contribution in [0.1, 0.15) is 51.9 Å². The summed E-state index contributed by atoms with van der Waals surface area (Å²) in [5, 5.41) is 18.3. The number of pyridine rings is 1. The fourth-order valence-electron chi connectivity index (χ4n) is 5.41. The minimum atomic E-state index is -1.23. The lowest BCUT2D eigenvalue weighted by Crippen LogP contribution is -2.32. The molecule has 0 amide bonds. The molecular weight excluding hydrogens is 551 g/mol. The van der Waals surface area contributed by atoms with Gasteiger partial charge in [0.1, 0.15) is 23.8 Å². The van der Waals surface area contributed by atoms with Crippen molar-refractivity contribution in [1.82, 2.24) is 19.4 Å². The van der Waals surface area contributed by atoms with Gasteiger partial charge in [0.05, 0.1) is 53.3 Å². The quantitative estimate of drug-likeness (QED) is 0.303. The van der Waals surface area contributed by atoms with Crippen LogP contribution >= 0.6 is 0 Å². The Labute approximate surface area is 238 Å². The summed E-state index contributed by atoms with van der Waals surface area (Å²) in [6.45, 7) is 2.43. The fraction of sp³-hybridized carbons (Fsp3) is 0.333. The number of halogens is 3. The van der Waals surface area contributed by atoms with E-state index in [1.165, 1.54) is 30.3 Å². The maximum Gasteiger partial charge on any atom is 0.335 e. The third kappa shape index (κ3) is 5.53. The molecule has 216 valence electrons. The van der Waals surface area contributed by atoms with Crippen molar-refractivity contribution < 1.29 is 32.5 Å². The zero-order valence-electron chi connectivity index (χ0n) is 22.4. The molecule has 2 saturated heterocycles. The molecule has 9 nitrogen and oxygen atoms in total. The first kappa shape index (κ1) is 27.7. The van der Waals surface area contributed by atoms with E-state index in [1.807, 2.05) is 10.6 Å². The van der Waals surface area contributed by atoms with Gasteiger partial charge in [-0.25, -0.2) is 22.9 Å². The first-order valence-corrected chi connectivity index (χ1v) is 13.5. The number of fused-ring (bicyclic) bond motifs is 1. The van der Waals surface area contributed by atoms with Gasteiger partial charge in [0, 0.05) is 19.1 Å². The van der Waals surface area contributed by atoms with Crippen LogP contribution in [0.3, 0.4) is 0 Å². The summed E-state index contributed by atoms with van der Waals surface area (Å²) in [7, 11) is 0. The molecule has 0 saturated carbocycles. The van der Waals surface area contributed by atoms with Crippen LogP contribution in [0.15, 0.2) is 42.5 Å². The summed E-state index contributed by atoms with van der Waals surface area (Å²) in [4.78, 5) is 22.6. The molecule has 42 heavy (non-hydrogen) atoms. The molecule has 4 heterocycles. The van der Waals surface area contributed by atoms with Crippen molar-refractivity contribution in [3.05, 3.63) is 88.3 Å².